The number of fused-ring (bicyclic) bond motifs is 1. The normalized spacial score (nSPS) is 19.0. The van der Waals surface area contributed by atoms with E-state index in [1.54, 1.807) is 30.2 Å². The summed E-state index contributed by atoms with van der Waals surface area (Å²) in [6.45, 7) is 2.91. The Morgan fingerprint density at radius 2 is 1.62 bits per heavy atom. The van der Waals surface area contributed by atoms with Crippen LogP contribution in [0.1, 0.15) is 27.4 Å². The number of anilines is 1. The Bertz CT molecular complexity index is 1450. The van der Waals surface area contributed by atoms with Crippen molar-refractivity contribution in [3.8, 4) is 0 Å². The maximum Gasteiger partial charge on any atom is 0.316 e. The van der Waals surface area contributed by atoms with Crippen LogP contribution in [0.5, 0.6) is 0 Å². The molecule has 10 nitrogen and oxygen atoms in total. The van der Waals surface area contributed by atoms with E-state index in [0.29, 0.717) is 61.1 Å². The fourth-order valence-electron chi connectivity index (χ4n) is 5.91. The molecule has 3 aromatic carbocycles. The SMILES string of the molecule is COCCN1C(=O)c2ccccc2C(C(=O)N2CCN(c3ccc([N+](=O)OC)cc3)CC2)C1/C(=C/N)c1ccccc1. The third-order valence-electron chi connectivity index (χ3n) is 8.03. The first-order valence-corrected chi connectivity index (χ1v) is 14.0. The number of hydrogen-bond donors (Lipinski definition) is 1. The van der Waals surface area contributed by atoms with Gasteiger partial charge in [0.05, 0.1) is 23.5 Å². The van der Waals surface area contributed by atoms with Crippen molar-refractivity contribution >= 4 is 28.8 Å². The fraction of sp³-hybridized carbons (Fsp3) is 0.312. The van der Waals surface area contributed by atoms with Gasteiger partial charge >= 0.3 is 5.69 Å². The lowest BCUT2D eigenvalue weighted by molar-refractivity contribution is -0.736. The van der Waals surface area contributed by atoms with Gasteiger partial charge in [-0.25, -0.2) is 4.84 Å². The summed E-state index contributed by atoms with van der Waals surface area (Å²) in [4.78, 5) is 51.1. The van der Waals surface area contributed by atoms with Gasteiger partial charge in [0, 0.05) is 63.2 Å². The minimum absolute atomic E-state index is 0.0465. The van der Waals surface area contributed by atoms with E-state index in [0.717, 1.165) is 16.8 Å². The Labute approximate surface area is 245 Å². The predicted molar refractivity (Wildman–Crippen MR) is 160 cm³/mol. The number of methoxy groups -OCH3 is 1. The van der Waals surface area contributed by atoms with Gasteiger partial charge in [-0.05, 0) is 41.1 Å². The number of ether oxygens (including phenoxy) is 1. The molecule has 0 aliphatic carbocycles. The molecule has 2 unspecified atom stereocenters. The van der Waals surface area contributed by atoms with Crippen LogP contribution in [-0.4, -0.2) is 86.1 Å². The molecule has 3 aromatic rings. The first kappa shape index (κ1) is 28.8. The molecule has 0 radical (unpaired) electrons. The second-order valence-corrected chi connectivity index (χ2v) is 10.3. The highest BCUT2D eigenvalue weighted by atomic mass is 16.8. The van der Waals surface area contributed by atoms with E-state index in [4.69, 9.17) is 15.3 Å². The van der Waals surface area contributed by atoms with Crippen molar-refractivity contribution in [2.24, 2.45) is 5.73 Å². The van der Waals surface area contributed by atoms with E-state index < -0.39 is 12.0 Å². The monoisotopic (exact) mass is 570 g/mol. The van der Waals surface area contributed by atoms with Gasteiger partial charge in [0.15, 0.2) is 7.11 Å². The van der Waals surface area contributed by atoms with E-state index in [9.17, 15) is 14.5 Å². The highest BCUT2D eigenvalue weighted by Gasteiger charge is 2.46. The summed E-state index contributed by atoms with van der Waals surface area (Å²) in [6, 6.07) is 23.6. The minimum Gasteiger partial charge on any atom is -0.404 e. The Morgan fingerprint density at radius 3 is 2.26 bits per heavy atom. The fourth-order valence-corrected chi connectivity index (χ4v) is 5.91. The molecule has 2 aliphatic heterocycles. The minimum atomic E-state index is -0.645. The molecule has 2 N–H and O–H groups in total. The lowest BCUT2D eigenvalue weighted by atomic mass is 9.77. The molecule has 2 amide bonds. The zero-order valence-corrected chi connectivity index (χ0v) is 23.9. The van der Waals surface area contributed by atoms with Crippen molar-refractivity contribution in [3.05, 3.63) is 107 Å². The lowest BCUT2D eigenvalue weighted by Crippen LogP contribution is -2.57. The highest BCUT2D eigenvalue weighted by Crippen LogP contribution is 2.41. The van der Waals surface area contributed by atoms with Crippen LogP contribution in [0, 0.1) is 4.91 Å². The number of rotatable bonds is 9. The molecule has 2 atom stereocenters. The topological polar surface area (TPSA) is 108 Å². The molecule has 10 heteroatoms. The Hall–Kier alpha value is -4.70. The van der Waals surface area contributed by atoms with E-state index in [1.165, 1.54) is 13.3 Å². The molecule has 2 heterocycles. The summed E-state index contributed by atoms with van der Waals surface area (Å²) in [7, 11) is 2.92. The van der Waals surface area contributed by atoms with Gasteiger partial charge in [0.25, 0.3) is 10.8 Å². The van der Waals surface area contributed by atoms with Crippen LogP contribution in [0.15, 0.2) is 85.1 Å². The summed E-state index contributed by atoms with van der Waals surface area (Å²) in [5, 5.41) is 0. The zero-order valence-electron chi connectivity index (χ0n) is 23.9. The maximum absolute atomic E-state index is 14.5. The van der Waals surface area contributed by atoms with Gasteiger partial charge in [-0.1, -0.05) is 48.5 Å². The first-order chi connectivity index (χ1) is 20.5. The number of carbonyl (C=O) groups is 2. The average molecular weight is 571 g/mol. The van der Waals surface area contributed by atoms with Crippen LogP contribution in [0.2, 0.25) is 0 Å². The quantitative estimate of drug-likeness (QED) is 0.392. The number of hydrogen-bond acceptors (Lipinski definition) is 7. The molecule has 0 bridgehead atoms. The maximum atomic E-state index is 14.5. The molecule has 2 aliphatic rings. The Morgan fingerprint density at radius 1 is 0.952 bits per heavy atom. The van der Waals surface area contributed by atoms with Crippen LogP contribution >= 0.6 is 0 Å². The van der Waals surface area contributed by atoms with Crippen molar-refractivity contribution in [1.29, 1.82) is 0 Å². The number of carbonyl (C=O) groups excluding carboxylic acids is 2. The van der Waals surface area contributed by atoms with Crippen molar-refractivity contribution in [3.63, 3.8) is 0 Å². The van der Waals surface area contributed by atoms with Gasteiger partial charge in [0.1, 0.15) is 0 Å². The molecule has 218 valence electrons. The van der Waals surface area contributed by atoms with Crippen molar-refractivity contribution in [2.75, 3.05) is 58.5 Å². The largest absolute Gasteiger partial charge is 0.404 e. The third kappa shape index (κ3) is 5.58. The average Bonchev–Trinajstić information content (AvgIpc) is 3.05. The van der Waals surface area contributed by atoms with Crippen LogP contribution in [0.4, 0.5) is 11.4 Å². The summed E-state index contributed by atoms with van der Waals surface area (Å²) in [5.41, 5.74) is 10.4. The molecule has 0 spiro atoms. The standard InChI is InChI=1S/C32H36N5O5/c1-41-21-20-36-30(28(22-33)23-8-4-3-5-9-23)29(26-10-6-7-11-27(26)31(36)38)32(39)35-18-16-34(17-19-35)24-12-14-25(15-13-24)37(40)42-2/h3-15,22,29-30H,16-21,33H2,1-2H3/q+1/b28-22+. The summed E-state index contributed by atoms with van der Waals surface area (Å²) in [6.07, 6.45) is 1.52. The predicted octanol–water partition coefficient (Wildman–Crippen LogP) is 3.56. The molecule has 1 fully saturated rings. The molecule has 0 saturated carbocycles. The summed E-state index contributed by atoms with van der Waals surface area (Å²) < 4.78 is 5.37. The van der Waals surface area contributed by atoms with E-state index in [2.05, 4.69) is 4.90 Å². The molecular formula is C32H36N5O5+. The van der Waals surface area contributed by atoms with Crippen molar-refractivity contribution < 1.29 is 24.1 Å². The van der Waals surface area contributed by atoms with Crippen LogP contribution in [0.25, 0.3) is 5.57 Å². The third-order valence-corrected chi connectivity index (χ3v) is 8.03. The van der Waals surface area contributed by atoms with Crippen molar-refractivity contribution in [1.82, 2.24) is 9.80 Å². The number of amides is 2. The number of benzene rings is 3. The van der Waals surface area contributed by atoms with Gasteiger partial charge in [-0.2, -0.15) is 0 Å². The van der Waals surface area contributed by atoms with E-state index >= 15 is 0 Å². The van der Waals surface area contributed by atoms with Crippen molar-refractivity contribution in [2.45, 2.75) is 12.0 Å². The molecule has 42 heavy (non-hydrogen) atoms. The molecule has 1 saturated heterocycles. The zero-order chi connectivity index (χ0) is 29.6. The van der Waals surface area contributed by atoms with Crippen LogP contribution in [0.3, 0.4) is 0 Å². The summed E-state index contributed by atoms with van der Waals surface area (Å²) in [5.74, 6) is -0.839. The number of piperazine rings is 1. The number of nitrogens with zero attached hydrogens (tertiary/aromatic N) is 4. The smallest absolute Gasteiger partial charge is 0.316 e. The van der Waals surface area contributed by atoms with Gasteiger partial charge < -0.3 is 25.2 Å². The number of nitrogens with two attached hydrogens (primary N) is 1. The second-order valence-electron chi connectivity index (χ2n) is 10.3. The van der Waals surface area contributed by atoms with Gasteiger partial charge in [-0.3, -0.25) is 9.59 Å². The van der Waals surface area contributed by atoms with Gasteiger partial charge in [0.2, 0.25) is 5.91 Å². The van der Waals surface area contributed by atoms with Gasteiger partial charge in [-0.15, -0.1) is 0 Å². The second kappa shape index (κ2) is 12.9. The highest BCUT2D eigenvalue weighted by molar-refractivity contribution is 6.03. The molecule has 5 rings (SSSR count). The first-order valence-electron chi connectivity index (χ1n) is 14.0. The molecule has 0 aromatic heterocycles. The van der Waals surface area contributed by atoms with E-state index in [1.807, 2.05) is 65.6 Å². The summed E-state index contributed by atoms with van der Waals surface area (Å²) >= 11 is 0. The van der Waals surface area contributed by atoms with E-state index in [-0.39, 0.29) is 11.8 Å². The molecular weight excluding hydrogens is 534 g/mol. The Kier molecular flexibility index (Phi) is 8.83. The Balaban J connectivity index is 1.46. The van der Waals surface area contributed by atoms with Crippen LogP contribution in [-0.2, 0) is 14.4 Å². The lowest BCUT2D eigenvalue weighted by Gasteiger charge is -2.45. The van der Waals surface area contributed by atoms with Crippen LogP contribution < -0.4 is 10.6 Å².